The van der Waals surface area contributed by atoms with Crippen LogP contribution in [-0.4, -0.2) is 25.4 Å². The molecule has 0 atom stereocenters. The predicted octanol–water partition coefficient (Wildman–Crippen LogP) is 0.769. The van der Waals surface area contributed by atoms with E-state index >= 15 is 0 Å². The van der Waals surface area contributed by atoms with Crippen molar-refractivity contribution in [2.45, 2.75) is 20.8 Å². The molecule has 0 radical (unpaired) electrons. The number of rotatable bonds is 1. The highest BCUT2D eigenvalue weighted by atomic mass is 16.1. The van der Waals surface area contributed by atoms with E-state index in [4.69, 9.17) is 5.84 Å². The van der Waals surface area contributed by atoms with Crippen LogP contribution >= 0.6 is 0 Å². The molecule has 2 heterocycles. The second kappa shape index (κ2) is 3.26. The van der Waals surface area contributed by atoms with Crippen molar-refractivity contribution in [3.05, 3.63) is 18.3 Å². The number of carbonyl (C=O) groups is 1. The van der Waals surface area contributed by atoms with Crippen LogP contribution in [0.3, 0.4) is 0 Å². The minimum absolute atomic E-state index is 0.0707. The fraction of sp³-hybridized carbons (Fsp3) is 0.400. The van der Waals surface area contributed by atoms with Crippen molar-refractivity contribution >= 4 is 16.9 Å². The molecule has 0 fully saturated rings. The number of aromatic nitrogens is 4. The van der Waals surface area contributed by atoms with Crippen LogP contribution in [0.2, 0.25) is 0 Å². The molecule has 0 unspecified atom stereocenters. The van der Waals surface area contributed by atoms with Crippen molar-refractivity contribution in [2.75, 3.05) is 5.84 Å². The molecule has 0 aromatic carbocycles. The Balaban J connectivity index is 2.66. The molecule has 0 aliphatic carbocycles. The number of carbonyl (C=O) groups excluding carboxylic acids is 1. The predicted molar refractivity (Wildman–Crippen MR) is 59.3 cm³/mol. The summed E-state index contributed by atoms with van der Waals surface area (Å²) in [5.41, 5.74) is 0.730. The summed E-state index contributed by atoms with van der Waals surface area (Å²) in [4.78, 5) is 24.1. The van der Waals surface area contributed by atoms with Gasteiger partial charge in [-0.15, -0.1) is 0 Å². The minimum Gasteiger partial charge on any atom is -0.336 e. The van der Waals surface area contributed by atoms with Crippen molar-refractivity contribution < 1.29 is 4.79 Å². The maximum atomic E-state index is 12.1. The van der Waals surface area contributed by atoms with E-state index < -0.39 is 5.41 Å². The first-order chi connectivity index (χ1) is 7.41. The van der Waals surface area contributed by atoms with Gasteiger partial charge in [0, 0.05) is 5.41 Å². The van der Waals surface area contributed by atoms with Crippen molar-refractivity contribution in [3.63, 3.8) is 0 Å². The molecule has 0 bridgehead atoms. The Labute approximate surface area is 92.5 Å². The molecule has 16 heavy (non-hydrogen) atoms. The summed E-state index contributed by atoms with van der Waals surface area (Å²) < 4.78 is 1.27. The molecule has 6 nitrogen and oxygen atoms in total. The molecule has 6 heteroatoms. The highest BCUT2D eigenvalue weighted by molar-refractivity contribution is 6.06. The number of ketones is 1. The van der Waals surface area contributed by atoms with E-state index in [1.54, 1.807) is 0 Å². The van der Waals surface area contributed by atoms with Gasteiger partial charge in [-0.1, -0.05) is 20.8 Å². The maximum Gasteiger partial charge on any atom is 0.188 e. The van der Waals surface area contributed by atoms with Crippen molar-refractivity contribution in [1.29, 1.82) is 0 Å². The van der Waals surface area contributed by atoms with Crippen LogP contribution in [0.5, 0.6) is 0 Å². The van der Waals surface area contributed by atoms with Crippen LogP contribution in [0.25, 0.3) is 11.2 Å². The van der Waals surface area contributed by atoms with Crippen LogP contribution in [0.1, 0.15) is 31.3 Å². The zero-order valence-corrected chi connectivity index (χ0v) is 9.43. The highest BCUT2D eigenvalue weighted by Gasteiger charge is 2.27. The third-order valence-electron chi connectivity index (χ3n) is 2.26. The number of nitrogens with two attached hydrogens (primary N) is 1. The largest absolute Gasteiger partial charge is 0.336 e. The summed E-state index contributed by atoms with van der Waals surface area (Å²) >= 11 is 0. The third-order valence-corrected chi connectivity index (χ3v) is 2.26. The Morgan fingerprint density at radius 2 is 2.00 bits per heavy atom. The minimum atomic E-state index is -0.500. The van der Waals surface area contributed by atoms with Gasteiger partial charge in [0.25, 0.3) is 0 Å². The van der Waals surface area contributed by atoms with Crippen LogP contribution in [0.15, 0.2) is 12.7 Å². The molecule has 2 aromatic heterocycles. The lowest BCUT2D eigenvalue weighted by Gasteiger charge is -2.15. The first-order valence-electron chi connectivity index (χ1n) is 4.89. The van der Waals surface area contributed by atoms with Gasteiger partial charge in [-0.25, -0.2) is 19.6 Å². The number of Topliss-reactive ketones (excluding diaryl/α,β-unsaturated/α-hetero) is 1. The molecule has 2 rings (SSSR count). The van der Waals surface area contributed by atoms with E-state index in [2.05, 4.69) is 15.0 Å². The van der Waals surface area contributed by atoms with Crippen molar-refractivity contribution in [2.24, 2.45) is 5.41 Å². The second-order valence-electron chi connectivity index (χ2n) is 4.63. The highest BCUT2D eigenvalue weighted by Crippen LogP contribution is 2.22. The Morgan fingerprint density at radius 3 is 2.62 bits per heavy atom. The third kappa shape index (κ3) is 1.52. The fourth-order valence-corrected chi connectivity index (χ4v) is 1.37. The van der Waals surface area contributed by atoms with Gasteiger partial charge in [0.15, 0.2) is 11.4 Å². The number of hydrogen-bond acceptors (Lipinski definition) is 5. The summed E-state index contributed by atoms with van der Waals surface area (Å²) in [6, 6.07) is 0. The van der Waals surface area contributed by atoms with Crippen molar-refractivity contribution in [1.82, 2.24) is 19.6 Å². The van der Waals surface area contributed by atoms with E-state index in [9.17, 15) is 4.79 Å². The Hall–Kier alpha value is -1.98. The molecule has 0 aliphatic rings. The average Bonchev–Trinajstić information content (AvgIpc) is 2.58. The van der Waals surface area contributed by atoms with Crippen LogP contribution in [0.4, 0.5) is 0 Å². The monoisotopic (exact) mass is 219 g/mol. The SMILES string of the molecule is CC(C)(C)C(=O)c1ncnc2c1ncn2N. The molecule has 84 valence electrons. The average molecular weight is 219 g/mol. The second-order valence-corrected chi connectivity index (χ2v) is 4.63. The van der Waals surface area contributed by atoms with E-state index in [-0.39, 0.29) is 5.78 Å². The quantitative estimate of drug-likeness (QED) is 0.565. The van der Waals surface area contributed by atoms with Gasteiger partial charge in [-0.3, -0.25) is 4.79 Å². The lowest BCUT2D eigenvalue weighted by molar-refractivity contribution is 0.0854. The lowest BCUT2D eigenvalue weighted by Crippen LogP contribution is -2.22. The van der Waals surface area contributed by atoms with Gasteiger partial charge < -0.3 is 5.84 Å². The van der Waals surface area contributed by atoms with Crippen molar-refractivity contribution in [3.8, 4) is 0 Å². The topological polar surface area (TPSA) is 86.7 Å². The first-order valence-corrected chi connectivity index (χ1v) is 4.89. The van der Waals surface area contributed by atoms with Gasteiger partial charge in [0.2, 0.25) is 0 Å². The zero-order valence-electron chi connectivity index (χ0n) is 9.43. The van der Waals surface area contributed by atoms with E-state index in [0.717, 1.165) is 0 Å². The lowest BCUT2D eigenvalue weighted by atomic mass is 9.88. The fourth-order valence-electron chi connectivity index (χ4n) is 1.37. The number of hydrogen-bond donors (Lipinski definition) is 1. The first kappa shape index (κ1) is 10.5. The van der Waals surface area contributed by atoms with Gasteiger partial charge >= 0.3 is 0 Å². The summed E-state index contributed by atoms with van der Waals surface area (Å²) in [7, 11) is 0. The van der Waals surface area contributed by atoms with E-state index in [1.165, 1.54) is 17.3 Å². The Kier molecular flexibility index (Phi) is 2.15. The van der Waals surface area contributed by atoms with Crippen LogP contribution < -0.4 is 5.84 Å². The smallest absolute Gasteiger partial charge is 0.188 e. The van der Waals surface area contributed by atoms with Gasteiger partial charge in [0.1, 0.15) is 23.9 Å². The molecule has 0 amide bonds. The summed E-state index contributed by atoms with van der Waals surface area (Å²) in [6.45, 7) is 5.51. The van der Waals surface area contributed by atoms with Gasteiger partial charge in [-0.2, -0.15) is 0 Å². The van der Waals surface area contributed by atoms with E-state index in [0.29, 0.717) is 16.9 Å². The molecular formula is C10H13N5O. The number of nitrogen functional groups attached to an aromatic ring is 1. The maximum absolute atomic E-state index is 12.1. The Morgan fingerprint density at radius 1 is 1.31 bits per heavy atom. The van der Waals surface area contributed by atoms with Gasteiger partial charge in [0.05, 0.1) is 0 Å². The summed E-state index contributed by atoms with van der Waals surface area (Å²) in [5, 5.41) is 0. The molecule has 0 saturated carbocycles. The van der Waals surface area contributed by atoms with E-state index in [1.807, 2.05) is 20.8 Å². The summed E-state index contributed by atoms with van der Waals surface area (Å²) in [6.07, 6.45) is 2.74. The zero-order chi connectivity index (χ0) is 11.9. The molecule has 2 N–H and O–H groups in total. The number of fused-ring (bicyclic) bond motifs is 1. The molecule has 0 saturated heterocycles. The number of nitrogens with zero attached hydrogens (tertiary/aromatic N) is 4. The van der Waals surface area contributed by atoms with Crippen LogP contribution in [-0.2, 0) is 0 Å². The molecule has 0 spiro atoms. The Bertz CT molecular complexity index is 552. The van der Waals surface area contributed by atoms with Crippen LogP contribution in [0, 0.1) is 5.41 Å². The normalized spacial score (nSPS) is 11.9. The molecule has 0 aliphatic heterocycles. The molecular weight excluding hydrogens is 206 g/mol. The number of imidazole rings is 1. The standard InChI is InChI=1S/C10H13N5O/c1-10(2,3)8(16)6-7-9(13-4-12-6)15(11)5-14-7/h4-5H,11H2,1-3H3. The molecule has 2 aromatic rings. The summed E-state index contributed by atoms with van der Waals surface area (Å²) in [5.74, 6) is 5.54. The van der Waals surface area contributed by atoms with Gasteiger partial charge in [-0.05, 0) is 0 Å².